The number of hydrogen-bond acceptors (Lipinski definition) is 0. The van der Waals surface area contributed by atoms with Crippen LogP contribution in [0.4, 0.5) is 0 Å². The van der Waals surface area contributed by atoms with Crippen molar-refractivity contribution >= 4 is 0 Å². The first-order valence-corrected chi connectivity index (χ1v) is 6.68. The van der Waals surface area contributed by atoms with Crippen molar-refractivity contribution in [2.24, 2.45) is 11.8 Å². The van der Waals surface area contributed by atoms with E-state index >= 15 is 0 Å². The Morgan fingerprint density at radius 1 is 0.556 bits per heavy atom. The van der Waals surface area contributed by atoms with E-state index in [2.05, 4.69) is 72.9 Å². The zero-order chi connectivity index (χ0) is 12.2. The maximum absolute atomic E-state index is 2.28. The molecule has 2 aliphatic carbocycles. The van der Waals surface area contributed by atoms with Crippen molar-refractivity contribution in [2.45, 2.75) is 12.8 Å². The summed E-state index contributed by atoms with van der Waals surface area (Å²) in [4.78, 5) is 0. The third kappa shape index (κ3) is 2.70. The minimum absolute atomic E-state index is 0.594. The molecule has 0 radical (unpaired) electrons. The fraction of sp³-hybridized carbons (Fsp3) is 0.222. The zero-order valence-electron chi connectivity index (χ0n) is 10.5. The van der Waals surface area contributed by atoms with Gasteiger partial charge in [0.15, 0.2) is 0 Å². The Kier molecular flexibility index (Phi) is 3.27. The van der Waals surface area contributed by atoms with E-state index in [4.69, 9.17) is 0 Å². The Morgan fingerprint density at radius 3 is 1.22 bits per heavy atom. The molecule has 0 N–H and O–H groups in total. The molecule has 1 aromatic rings. The fourth-order valence-electron chi connectivity index (χ4n) is 2.58. The SMILES string of the molecule is C1=CC(Cc2ccc(CC3C=CC=C3)cc2)C=C1. The van der Waals surface area contributed by atoms with Gasteiger partial charge >= 0.3 is 0 Å². The average molecular weight is 234 g/mol. The lowest BCUT2D eigenvalue weighted by molar-refractivity contribution is 0.803. The van der Waals surface area contributed by atoms with Gasteiger partial charge in [-0.15, -0.1) is 0 Å². The Morgan fingerprint density at radius 2 is 0.889 bits per heavy atom. The molecule has 0 saturated carbocycles. The maximum Gasteiger partial charge on any atom is -0.000683 e. The molecule has 0 aliphatic heterocycles. The quantitative estimate of drug-likeness (QED) is 0.730. The molecular weight excluding hydrogens is 216 g/mol. The Labute approximate surface area is 109 Å². The highest BCUT2D eigenvalue weighted by atomic mass is 14.1. The topological polar surface area (TPSA) is 0 Å². The molecule has 1 aromatic carbocycles. The molecule has 90 valence electrons. The van der Waals surface area contributed by atoms with Crippen LogP contribution < -0.4 is 0 Å². The predicted molar refractivity (Wildman–Crippen MR) is 77.4 cm³/mol. The summed E-state index contributed by atoms with van der Waals surface area (Å²) >= 11 is 0. The molecule has 0 atom stereocenters. The van der Waals surface area contributed by atoms with Gasteiger partial charge in [-0.3, -0.25) is 0 Å². The van der Waals surface area contributed by atoms with E-state index in [0.29, 0.717) is 11.8 Å². The van der Waals surface area contributed by atoms with E-state index in [1.165, 1.54) is 11.1 Å². The third-order valence-electron chi connectivity index (χ3n) is 3.62. The summed E-state index contributed by atoms with van der Waals surface area (Å²) < 4.78 is 0. The van der Waals surface area contributed by atoms with Crippen molar-refractivity contribution in [3.8, 4) is 0 Å². The van der Waals surface area contributed by atoms with E-state index in [9.17, 15) is 0 Å². The molecule has 0 heteroatoms. The molecule has 0 bridgehead atoms. The summed E-state index contributed by atoms with van der Waals surface area (Å²) in [6.07, 6.45) is 19.9. The maximum atomic E-state index is 2.28. The first kappa shape index (κ1) is 11.3. The van der Waals surface area contributed by atoms with E-state index in [-0.39, 0.29) is 0 Å². The number of rotatable bonds is 4. The molecule has 0 amide bonds. The summed E-state index contributed by atoms with van der Waals surface area (Å²) in [5.74, 6) is 1.19. The molecule has 0 heterocycles. The van der Waals surface area contributed by atoms with Crippen molar-refractivity contribution in [3.05, 3.63) is 84.0 Å². The van der Waals surface area contributed by atoms with Crippen LogP contribution in [0.1, 0.15) is 11.1 Å². The van der Waals surface area contributed by atoms with E-state index in [1.54, 1.807) is 0 Å². The van der Waals surface area contributed by atoms with Gasteiger partial charge in [-0.25, -0.2) is 0 Å². The predicted octanol–water partition coefficient (Wildman–Crippen LogP) is 4.26. The number of hydrogen-bond donors (Lipinski definition) is 0. The number of allylic oxidation sites excluding steroid dienone is 8. The van der Waals surface area contributed by atoms with Crippen LogP contribution in [0.2, 0.25) is 0 Å². The lowest BCUT2D eigenvalue weighted by atomic mass is 9.96. The molecule has 0 nitrogen and oxygen atoms in total. The van der Waals surface area contributed by atoms with E-state index in [0.717, 1.165) is 12.8 Å². The van der Waals surface area contributed by atoms with Crippen LogP contribution in [-0.2, 0) is 12.8 Å². The van der Waals surface area contributed by atoms with E-state index < -0.39 is 0 Å². The van der Waals surface area contributed by atoms with Gasteiger partial charge in [-0.1, -0.05) is 72.9 Å². The van der Waals surface area contributed by atoms with Gasteiger partial charge in [-0.2, -0.15) is 0 Å². The van der Waals surface area contributed by atoms with Gasteiger partial charge in [0.25, 0.3) is 0 Å². The van der Waals surface area contributed by atoms with Gasteiger partial charge in [0.1, 0.15) is 0 Å². The monoisotopic (exact) mass is 234 g/mol. The smallest absolute Gasteiger partial charge is 0.000683 e. The molecular formula is C18H18. The Hall–Kier alpha value is -1.82. The van der Waals surface area contributed by atoms with Crippen LogP contribution in [-0.4, -0.2) is 0 Å². The standard InChI is InChI=1S/C18H18/c1-2-6-15(5-1)13-17-9-11-18(12-10-17)14-16-7-3-4-8-16/h1-12,15-16H,13-14H2. The molecule has 0 spiro atoms. The summed E-state index contributed by atoms with van der Waals surface area (Å²) in [7, 11) is 0. The van der Waals surface area contributed by atoms with Crippen molar-refractivity contribution < 1.29 is 0 Å². The van der Waals surface area contributed by atoms with Crippen molar-refractivity contribution in [1.82, 2.24) is 0 Å². The summed E-state index contributed by atoms with van der Waals surface area (Å²) in [5, 5.41) is 0. The normalized spacial score (nSPS) is 18.2. The van der Waals surface area contributed by atoms with Gasteiger partial charge in [0, 0.05) is 0 Å². The summed E-state index contributed by atoms with van der Waals surface area (Å²) in [5.41, 5.74) is 2.86. The second-order valence-corrected chi connectivity index (χ2v) is 5.09. The highest BCUT2D eigenvalue weighted by molar-refractivity contribution is 5.28. The molecule has 0 unspecified atom stereocenters. The van der Waals surface area contributed by atoms with E-state index in [1.807, 2.05) is 0 Å². The largest absolute Gasteiger partial charge is 0.0773 e. The molecule has 0 aromatic heterocycles. The highest BCUT2D eigenvalue weighted by Gasteiger charge is 2.07. The van der Waals surface area contributed by atoms with Gasteiger partial charge < -0.3 is 0 Å². The Balaban J connectivity index is 1.61. The molecule has 0 saturated heterocycles. The van der Waals surface area contributed by atoms with Crippen LogP contribution in [0, 0.1) is 11.8 Å². The van der Waals surface area contributed by atoms with Crippen molar-refractivity contribution in [2.75, 3.05) is 0 Å². The lowest BCUT2D eigenvalue weighted by Crippen LogP contribution is -1.98. The van der Waals surface area contributed by atoms with Crippen molar-refractivity contribution in [3.63, 3.8) is 0 Å². The molecule has 3 rings (SSSR count). The first-order valence-electron chi connectivity index (χ1n) is 6.68. The van der Waals surface area contributed by atoms with Crippen LogP contribution in [0.15, 0.2) is 72.9 Å². The van der Waals surface area contributed by atoms with Gasteiger partial charge in [0.05, 0.1) is 0 Å². The van der Waals surface area contributed by atoms with Crippen LogP contribution >= 0.6 is 0 Å². The Bertz CT molecular complexity index is 438. The van der Waals surface area contributed by atoms with Crippen LogP contribution in [0.3, 0.4) is 0 Å². The highest BCUT2D eigenvalue weighted by Crippen LogP contribution is 2.19. The molecule has 0 fully saturated rings. The average Bonchev–Trinajstić information content (AvgIpc) is 3.05. The first-order chi connectivity index (χ1) is 8.90. The molecule has 2 aliphatic rings. The zero-order valence-corrected chi connectivity index (χ0v) is 10.5. The summed E-state index contributed by atoms with van der Waals surface area (Å²) in [6.45, 7) is 0. The van der Waals surface area contributed by atoms with Gasteiger partial charge in [-0.05, 0) is 35.8 Å². The number of benzene rings is 1. The van der Waals surface area contributed by atoms with Crippen molar-refractivity contribution in [1.29, 1.82) is 0 Å². The lowest BCUT2D eigenvalue weighted by Gasteiger charge is -2.08. The minimum atomic E-state index is 0.594. The second kappa shape index (κ2) is 5.22. The third-order valence-corrected chi connectivity index (χ3v) is 3.62. The fourth-order valence-corrected chi connectivity index (χ4v) is 2.58. The van der Waals surface area contributed by atoms with Crippen LogP contribution in [0.25, 0.3) is 0 Å². The van der Waals surface area contributed by atoms with Gasteiger partial charge in [0.2, 0.25) is 0 Å². The van der Waals surface area contributed by atoms with Crippen LogP contribution in [0.5, 0.6) is 0 Å². The summed E-state index contributed by atoms with van der Waals surface area (Å²) in [6, 6.07) is 9.10. The molecule has 18 heavy (non-hydrogen) atoms. The minimum Gasteiger partial charge on any atom is -0.0773 e. The second-order valence-electron chi connectivity index (χ2n) is 5.09.